The number of nitrogens with zero attached hydrogens (tertiary/aromatic N) is 1. The molecule has 0 spiro atoms. The molecule has 10 heteroatoms. The average Bonchev–Trinajstić information content (AvgIpc) is 3.01. The zero-order chi connectivity index (χ0) is 20.0. The minimum Gasteiger partial charge on any atom is -0.481 e. The molecule has 0 bridgehead atoms. The third-order valence-electron chi connectivity index (χ3n) is 4.13. The van der Waals surface area contributed by atoms with Gasteiger partial charge in [-0.2, -0.15) is 0 Å². The minimum absolute atomic E-state index is 0.0673. The van der Waals surface area contributed by atoms with Crippen molar-refractivity contribution in [3.63, 3.8) is 0 Å². The third kappa shape index (κ3) is 4.69. The number of cyclic esters (lactones) is 1. The van der Waals surface area contributed by atoms with Crippen LogP contribution in [0.15, 0.2) is 24.3 Å². The molecule has 2 rings (SSSR count). The van der Waals surface area contributed by atoms with Crippen molar-refractivity contribution < 1.29 is 32.7 Å². The largest absolute Gasteiger partial charge is 0.481 e. The SMILES string of the molecule is CC#CCOc1ccc(N2C[C@H](C[C@](C)(C(=O)NO)[SH](=O)=O)OC2=O)cc1. The van der Waals surface area contributed by atoms with Gasteiger partial charge in [0.2, 0.25) is 0 Å². The molecule has 0 unspecified atom stereocenters. The van der Waals surface area contributed by atoms with Crippen LogP contribution in [0.3, 0.4) is 0 Å². The maximum absolute atomic E-state index is 12.1. The lowest BCUT2D eigenvalue weighted by molar-refractivity contribution is -0.132. The lowest BCUT2D eigenvalue weighted by Crippen LogP contribution is -2.47. The maximum atomic E-state index is 12.1. The molecule has 1 aromatic rings. The number of anilines is 1. The number of thiol groups is 1. The quantitative estimate of drug-likeness (QED) is 0.268. The van der Waals surface area contributed by atoms with Crippen molar-refractivity contribution in [2.75, 3.05) is 18.1 Å². The molecule has 1 heterocycles. The van der Waals surface area contributed by atoms with E-state index in [9.17, 15) is 18.0 Å². The molecule has 0 aliphatic carbocycles. The van der Waals surface area contributed by atoms with Crippen LogP contribution in [0.2, 0.25) is 0 Å². The molecule has 2 amide bonds. The summed E-state index contributed by atoms with van der Waals surface area (Å²) in [7, 11) is -3.21. The summed E-state index contributed by atoms with van der Waals surface area (Å²) in [6, 6.07) is 6.66. The minimum atomic E-state index is -3.21. The van der Waals surface area contributed by atoms with Crippen LogP contribution in [0, 0.1) is 11.8 Å². The molecular formula is C17H20N2O7S. The predicted molar refractivity (Wildman–Crippen MR) is 96.3 cm³/mol. The van der Waals surface area contributed by atoms with E-state index in [4.69, 9.17) is 14.7 Å². The number of hydroxylamine groups is 1. The number of amides is 2. The van der Waals surface area contributed by atoms with Gasteiger partial charge in [0.15, 0.2) is 15.5 Å². The van der Waals surface area contributed by atoms with E-state index in [0.717, 1.165) is 6.92 Å². The molecule has 146 valence electrons. The van der Waals surface area contributed by atoms with E-state index >= 15 is 0 Å². The fraction of sp³-hybridized carbons (Fsp3) is 0.412. The number of rotatable bonds is 7. The Bertz CT molecular complexity index is 833. The van der Waals surface area contributed by atoms with E-state index in [1.807, 2.05) is 0 Å². The standard InChI is InChI=1S/C17H20N2O7S/c1-3-4-9-25-13-7-5-12(6-8-13)19-11-14(26-16(19)21)10-17(2,27(23)24)15(20)18-22/h5-8,14,22,27H,9-11H2,1-2H3,(H,18,20)/t14-,17+/m0/s1. The van der Waals surface area contributed by atoms with Gasteiger partial charge >= 0.3 is 6.09 Å². The Labute approximate surface area is 158 Å². The predicted octanol–water partition coefficient (Wildman–Crippen LogP) is 0.680. The normalized spacial score (nSPS) is 18.3. The van der Waals surface area contributed by atoms with Crippen molar-refractivity contribution in [3.8, 4) is 17.6 Å². The summed E-state index contributed by atoms with van der Waals surface area (Å²) in [5.74, 6) is 4.98. The molecule has 0 saturated carbocycles. The molecule has 0 radical (unpaired) electrons. The number of hydrogen-bond donors (Lipinski definition) is 3. The first-order valence-corrected chi connectivity index (χ1v) is 9.19. The summed E-state index contributed by atoms with van der Waals surface area (Å²) in [6.07, 6.45) is -1.76. The Morgan fingerprint density at radius 1 is 1.44 bits per heavy atom. The Morgan fingerprint density at radius 2 is 2.11 bits per heavy atom. The molecule has 1 aromatic carbocycles. The Balaban J connectivity index is 2.08. The van der Waals surface area contributed by atoms with Crippen LogP contribution < -0.4 is 15.1 Å². The summed E-state index contributed by atoms with van der Waals surface area (Å²) in [5.41, 5.74) is 1.88. The molecule has 0 aromatic heterocycles. The first kappa shape index (κ1) is 20.5. The smallest absolute Gasteiger partial charge is 0.414 e. The van der Waals surface area contributed by atoms with Gasteiger partial charge in [0.1, 0.15) is 18.5 Å². The fourth-order valence-electron chi connectivity index (χ4n) is 2.57. The van der Waals surface area contributed by atoms with Crippen LogP contribution in [0.1, 0.15) is 20.3 Å². The van der Waals surface area contributed by atoms with Crippen LogP contribution in [0.25, 0.3) is 0 Å². The molecule has 1 saturated heterocycles. The highest BCUT2D eigenvalue weighted by Gasteiger charge is 2.44. The molecule has 2 atom stereocenters. The number of carbonyl (C=O) groups is 2. The van der Waals surface area contributed by atoms with E-state index in [1.54, 1.807) is 31.2 Å². The highest BCUT2D eigenvalue weighted by Crippen LogP contribution is 2.28. The zero-order valence-corrected chi connectivity index (χ0v) is 15.7. The van der Waals surface area contributed by atoms with Crippen molar-refractivity contribution in [1.82, 2.24) is 5.48 Å². The number of benzene rings is 1. The van der Waals surface area contributed by atoms with Gasteiger partial charge < -0.3 is 9.47 Å². The van der Waals surface area contributed by atoms with Crippen LogP contribution in [-0.4, -0.2) is 49.6 Å². The number of ether oxygens (including phenoxy) is 2. The van der Waals surface area contributed by atoms with Crippen molar-refractivity contribution in [2.45, 2.75) is 31.1 Å². The topological polar surface area (TPSA) is 122 Å². The van der Waals surface area contributed by atoms with Gasteiger partial charge in [0.05, 0.1) is 6.54 Å². The monoisotopic (exact) mass is 396 g/mol. The van der Waals surface area contributed by atoms with Gasteiger partial charge in [-0.25, -0.2) is 18.7 Å². The van der Waals surface area contributed by atoms with E-state index < -0.39 is 33.6 Å². The summed E-state index contributed by atoms with van der Waals surface area (Å²) in [6.45, 7) is 3.19. The number of nitrogens with one attached hydrogen (secondary N) is 1. The Kier molecular flexibility index (Phi) is 6.65. The third-order valence-corrected chi connectivity index (χ3v) is 5.32. The first-order chi connectivity index (χ1) is 12.8. The van der Waals surface area contributed by atoms with Crippen molar-refractivity contribution in [3.05, 3.63) is 24.3 Å². The van der Waals surface area contributed by atoms with Crippen molar-refractivity contribution in [2.24, 2.45) is 0 Å². The van der Waals surface area contributed by atoms with Gasteiger partial charge in [-0.1, -0.05) is 5.92 Å². The highest BCUT2D eigenvalue weighted by atomic mass is 32.2. The van der Waals surface area contributed by atoms with Crippen LogP contribution in [0.5, 0.6) is 5.75 Å². The Morgan fingerprint density at radius 3 is 2.67 bits per heavy atom. The molecule has 1 aliphatic rings. The summed E-state index contributed by atoms with van der Waals surface area (Å²) in [4.78, 5) is 25.2. The van der Waals surface area contributed by atoms with Crippen molar-refractivity contribution in [1.29, 1.82) is 0 Å². The maximum Gasteiger partial charge on any atom is 0.414 e. The Hall–Kier alpha value is -2.77. The molecule has 2 N–H and O–H groups in total. The van der Waals surface area contributed by atoms with Crippen molar-refractivity contribution >= 4 is 28.4 Å². The number of carbonyl (C=O) groups excluding carboxylic acids is 2. The van der Waals surface area contributed by atoms with Crippen LogP contribution in [-0.2, 0) is 20.2 Å². The van der Waals surface area contributed by atoms with Crippen LogP contribution >= 0.6 is 0 Å². The summed E-state index contributed by atoms with van der Waals surface area (Å²) < 4.78 is 31.6. The zero-order valence-electron chi connectivity index (χ0n) is 14.8. The molecule has 1 aliphatic heterocycles. The van der Waals surface area contributed by atoms with E-state index in [-0.39, 0.29) is 19.6 Å². The molecule has 1 fully saturated rings. The number of hydrogen-bond acceptors (Lipinski definition) is 7. The highest BCUT2D eigenvalue weighted by molar-refractivity contribution is 7.75. The summed E-state index contributed by atoms with van der Waals surface area (Å²) >= 11 is 0. The molecule has 9 nitrogen and oxygen atoms in total. The average molecular weight is 396 g/mol. The second-order valence-electron chi connectivity index (χ2n) is 6.00. The van der Waals surface area contributed by atoms with E-state index in [1.165, 1.54) is 10.4 Å². The summed E-state index contributed by atoms with van der Waals surface area (Å²) in [5, 5.41) is 8.77. The van der Waals surface area contributed by atoms with Gasteiger partial charge in [0.25, 0.3) is 5.91 Å². The second kappa shape index (κ2) is 8.75. The van der Waals surface area contributed by atoms with Gasteiger partial charge in [-0.15, -0.1) is 5.92 Å². The van der Waals surface area contributed by atoms with Crippen LogP contribution in [0.4, 0.5) is 10.5 Å². The lowest BCUT2D eigenvalue weighted by atomic mass is 10.0. The second-order valence-corrected chi connectivity index (χ2v) is 7.50. The van der Waals surface area contributed by atoms with Gasteiger partial charge in [-0.3, -0.25) is 14.9 Å². The lowest BCUT2D eigenvalue weighted by Gasteiger charge is -2.22. The first-order valence-electron chi connectivity index (χ1n) is 8.01. The molecule has 27 heavy (non-hydrogen) atoms. The van der Waals surface area contributed by atoms with Gasteiger partial charge in [0, 0.05) is 12.1 Å². The van der Waals surface area contributed by atoms with E-state index in [0.29, 0.717) is 11.4 Å². The fourth-order valence-corrected chi connectivity index (χ4v) is 3.13. The van der Waals surface area contributed by atoms with E-state index in [2.05, 4.69) is 11.8 Å². The van der Waals surface area contributed by atoms with Gasteiger partial charge in [-0.05, 0) is 38.1 Å². The molecular weight excluding hydrogens is 376 g/mol.